The first kappa shape index (κ1) is 19.4. The first-order chi connectivity index (χ1) is 12.0. The zero-order valence-corrected chi connectivity index (χ0v) is 14.3. The summed E-state index contributed by atoms with van der Waals surface area (Å²) in [7, 11) is 4.30. The van der Waals surface area contributed by atoms with Gasteiger partial charge in [-0.2, -0.15) is 18.3 Å². The van der Waals surface area contributed by atoms with Crippen molar-refractivity contribution in [3.05, 3.63) is 22.9 Å². The Morgan fingerprint density at radius 3 is 2.46 bits per heavy atom. The molecule has 0 aliphatic rings. The number of likely N-dealkylation sites (N-methyl/N-ethyl adjacent to an activating group) is 1. The van der Waals surface area contributed by atoms with Crippen molar-refractivity contribution in [1.82, 2.24) is 29.1 Å². The van der Waals surface area contributed by atoms with E-state index in [0.717, 1.165) is 15.8 Å². The van der Waals surface area contributed by atoms with Crippen molar-refractivity contribution in [2.24, 2.45) is 7.05 Å². The fourth-order valence-electron chi connectivity index (χ4n) is 2.18. The highest BCUT2D eigenvalue weighted by Gasteiger charge is 2.34. The highest BCUT2D eigenvalue weighted by Crippen LogP contribution is 2.17. The maximum absolute atomic E-state index is 12.7. The summed E-state index contributed by atoms with van der Waals surface area (Å²) in [5.74, 6) is -1.69. The molecule has 0 bridgehead atoms. The molecule has 2 aromatic rings. The normalized spacial score (nSPS) is 11.6. The Balaban J connectivity index is 2.27. The molecular formula is C14H17F3N6O3. The Hall–Kier alpha value is -2.92. The third-order valence-electron chi connectivity index (χ3n) is 3.57. The second-order valence-electron chi connectivity index (χ2n) is 5.84. The number of aryl methyl sites for hydroxylation is 1. The van der Waals surface area contributed by atoms with Crippen LogP contribution in [-0.4, -0.2) is 74.3 Å². The molecule has 0 N–H and O–H groups in total. The molecule has 0 radical (unpaired) electrons. The van der Waals surface area contributed by atoms with Crippen LogP contribution in [0.4, 0.5) is 13.2 Å². The summed E-state index contributed by atoms with van der Waals surface area (Å²) in [6.07, 6.45) is -2.36. The number of hydrogen-bond acceptors (Lipinski definition) is 5. The number of nitrogens with zero attached hydrogens (tertiary/aromatic N) is 6. The average Bonchev–Trinajstić information content (AvgIpc) is 2.90. The Bertz CT molecular complexity index is 886. The molecule has 0 unspecified atom stereocenters. The summed E-state index contributed by atoms with van der Waals surface area (Å²) in [5.41, 5.74) is -0.323. The zero-order chi connectivity index (χ0) is 19.6. The number of amides is 2. The lowest BCUT2D eigenvalue weighted by molar-refractivity contribution is -0.164. The summed E-state index contributed by atoms with van der Waals surface area (Å²) >= 11 is 0. The molecule has 0 saturated heterocycles. The first-order valence-corrected chi connectivity index (χ1v) is 7.41. The number of fused-ring (bicyclic) bond motifs is 1. The SMILES string of the molecule is CN(C)C(=O)CN(CC(F)(F)F)C(=O)Cn1cnc2c(cnn2C)c1=O. The van der Waals surface area contributed by atoms with E-state index in [-0.39, 0.29) is 11.0 Å². The molecule has 0 atom stereocenters. The lowest BCUT2D eigenvalue weighted by Crippen LogP contribution is -2.46. The summed E-state index contributed by atoms with van der Waals surface area (Å²) in [4.78, 5) is 41.7. The monoisotopic (exact) mass is 374 g/mol. The predicted molar refractivity (Wildman–Crippen MR) is 84.1 cm³/mol. The summed E-state index contributed by atoms with van der Waals surface area (Å²) in [6, 6.07) is 0. The van der Waals surface area contributed by atoms with E-state index in [0.29, 0.717) is 4.90 Å². The molecule has 2 heterocycles. The molecule has 0 aromatic carbocycles. The van der Waals surface area contributed by atoms with Gasteiger partial charge in [-0.15, -0.1) is 0 Å². The van der Waals surface area contributed by atoms with E-state index in [1.54, 1.807) is 7.05 Å². The van der Waals surface area contributed by atoms with E-state index >= 15 is 0 Å². The van der Waals surface area contributed by atoms with Crippen molar-refractivity contribution in [3.8, 4) is 0 Å². The number of halogens is 3. The Kier molecular flexibility index (Phi) is 5.33. The van der Waals surface area contributed by atoms with Gasteiger partial charge >= 0.3 is 6.18 Å². The number of carbonyl (C=O) groups is 2. The van der Waals surface area contributed by atoms with Crippen LogP contribution < -0.4 is 5.56 Å². The fourth-order valence-corrected chi connectivity index (χ4v) is 2.18. The third kappa shape index (κ3) is 4.37. The van der Waals surface area contributed by atoms with Gasteiger partial charge in [-0.1, -0.05) is 0 Å². The summed E-state index contributed by atoms with van der Waals surface area (Å²) < 4.78 is 40.4. The van der Waals surface area contributed by atoms with Gasteiger partial charge in [0.2, 0.25) is 11.8 Å². The fraction of sp³-hybridized carbons (Fsp3) is 0.500. The number of aromatic nitrogens is 4. The molecule has 0 aliphatic carbocycles. The molecule has 12 heteroatoms. The highest BCUT2D eigenvalue weighted by atomic mass is 19.4. The van der Waals surface area contributed by atoms with Crippen LogP contribution in [0, 0.1) is 0 Å². The predicted octanol–water partition coefficient (Wildman–Crippen LogP) is -0.391. The molecule has 9 nitrogen and oxygen atoms in total. The first-order valence-electron chi connectivity index (χ1n) is 7.41. The number of carbonyl (C=O) groups excluding carboxylic acids is 2. The smallest absolute Gasteiger partial charge is 0.347 e. The molecule has 2 amide bonds. The van der Waals surface area contributed by atoms with Gasteiger partial charge in [0.25, 0.3) is 5.56 Å². The molecule has 0 saturated carbocycles. The minimum Gasteiger partial charge on any atom is -0.347 e. The van der Waals surface area contributed by atoms with Gasteiger partial charge in [0.05, 0.1) is 6.20 Å². The van der Waals surface area contributed by atoms with E-state index in [4.69, 9.17) is 0 Å². The van der Waals surface area contributed by atoms with Crippen molar-refractivity contribution in [3.63, 3.8) is 0 Å². The Morgan fingerprint density at radius 2 is 1.88 bits per heavy atom. The van der Waals surface area contributed by atoms with Gasteiger partial charge < -0.3 is 9.80 Å². The molecule has 2 aromatic heterocycles. The number of hydrogen-bond donors (Lipinski definition) is 0. The van der Waals surface area contributed by atoms with Gasteiger partial charge in [0, 0.05) is 21.1 Å². The maximum Gasteiger partial charge on any atom is 0.406 e. The lowest BCUT2D eigenvalue weighted by atomic mass is 10.3. The van der Waals surface area contributed by atoms with Gasteiger partial charge in [0.1, 0.15) is 31.3 Å². The molecule has 26 heavy (non-hydrogen) atoms. The molecule has 2 rings (SSSR count). The molecule has 142 valence electrons. The quantitative estimate of drug-likeness (QED) is 0.711. The lowest BCUT2D eigenvalue weighted by Gasteiger charge is -2.25. The van der Waals surface area contributed by atoms with Crippen LogP contribution in [0.1, 0.15) is 0 Å². The van der Waals surface area contributed by atoms with Crippen LogP contribution in [0.15, 0.2) is 17.3 Å². The molecule has 0 spiro atoms. The summed E-state index contributed by atoms with van der Waals surface area (Å²) in [5, 5.41) is 4.00. The number of rotatable bonds is 5. The van der Waals surface area contributed by atoms with E-state index in [2.05, 4.69) is 10.1 Å². The van der Waals surface area contributed by atoms with Gasteiger partial charge in [0.15, 0.2) is 5.65 Å². The van der Waals surface area contributed by atoms with Crippen molar-refractivity contribution in [2.75, 3.05) is 27.2 Å². The topological polar surface area (TPSA) is 93.3 Å². The van der Waals surface area contributed by atoms with Crippen molar-refractivity contribution in [2.45, 2.75) is 12.7 Å². The Labute approximate surface area is 145 Å². The minimum absolute atomic E-state index is 0.134. The zero-order valence-electron chi connectivity index (χ0n) is 14.3. The van der Waals surface area contributed by atoms with Gasteiger partial charge in [-0.25, -0.2) is 4.98 Å². The minimum atomic E-state index is -4.68. The van der Waals surface area contributed by atoms with Crippen LogP contribution in [0.5, 0.6) is 0 Å². The van der Waals surface area contributed by atoms with E-state index in [9.17, 15) is 27.6 Å². The van der Waals surface area contributed by atoms with E-state index in [1.165, 1.54) is 25.0 Å². The molecular weight excluding hydrogens is 357 g/mol. The third-order valence-corrected chi connectivity index (χ3v) is 3.57. The van der Waals surface area contributed by atoms with Crippen LogP contribution >= 0.6 is 0 Å². The van der Waals surface area contributed by atoms with Crippen LogP contribution in [0.25, 0.3) is 11.0 Å². The van der Waals surface area contributed by atoms with Gasteiger partial charge in [-0.05, 0) is 0 Å². The van der Waals surface area contributed by atoms with Gasteiger partial charge in [-0.3, -0.25) is 23.6 Å². The average molecular weight is 374 g/mol. The maximum atomic E-state index is 12.7. The Morgan fingerprint density at radius 1 is 1.23 bits per heavy atom. The molecule has 0 aliphatic heterocycles. The van der Waals surface area contributed by atoms with Crippen LogP contribution in [-0.2, 0) is 23.2 Å². The van der Waals surface area contributed by atoms with Crippen LogP contribution in [0.2, 0.25) is 0 Å². The van der Waals surface area contributed by atoms with Crippen molar-refractivity contribution in [1.29, 1.82) is 0 Å². The second kappa shape index (κ2) is 7.14. The van der Waals surface area contributed by atoms with E-state index in [1.807, 2.05) is 0 Å². The van der Waals surface area contributed by atoms with Crippen LogP contribution in [0.3, 0.4) is 0 Å². The highest BCUT2D eigenvalue weighted by molar-refractivity contribution is 5.84. The second-order valence-corrected chi connectivity index (χ2v) is 5.84. The number of alkyl halides is 3. The van der Waals surface area contributed by atoms with E-state index < -0.39 is 43.2 Å². The largest absolute Gasteiger partial charge is 0.406 e. The summed E-state index contributed by atoms with van der Waals surface area (Å²) in [6.45, 7) is -3.02. The molecule has 0 fully saturated rings. The van der Waals surface area contributed by atoms with Crippen molar-refractivity contribution >= 4 is 22.8 Å². The standard InChI is InChI=1S/C14H17F3N6O3/c1-20(2)10(24)5-22(7-14(15,16)17)11(25)6-23-8-18-12-9(13(23)26)4-19-21(12)3/h4,8H,5-7H2,1-3H3. The van der Waals surface area contributed by atoms with Crippen molar-refractivity contribution < 1.29 is 22.8 Å².